The number of nitrogens with zero attached hydrogens (tertiary/aromatic N) is 2. The van der Waals surface area contributed by atoms with Crippen LogP contribution in [-0.2, 0) is 0 Å². The summed E-state index contributed by atoms with van der Waals surface area (Å²) in [5.74, 6) is 0.833. The largest absolute Gasteiger partial charge is 0.457 e. The van der Waals surface area contributed by atoms with Crippen LogP contribution >= 0.6 is 12.2 Å². The van der Waals surface area contributed by atoms with Crippen molar-refractivity contribution in [1.29, 1.82) is 5.26 Å². The van der Waals surface area contributed by atoms with Crippen molar-refractivity contribution in [3.8, 4) is 17.6 Å². The Kier molecular flexibility index (Phi) is 5.72. The van der Waals surface area contributed by atoms with Gasteiger partial charge in [0.25, 0.3) is 5.91 Å². The summed E-state index contributed by atoms with van der Waals surface area (Å²) in [6.07, 6.45) is 1.45. The van der Waals surface area contributed by atoms with E-state index in [4.69, 9.17) is 22.2 Å². The number of amides is 1. The average Bonchev–Trinajstić information content (AvgIpc) is 2.69. The molecule has 7 heteroatoms. The van der Waals surface area contributed by atoms with E-state index in [1.54, 1.807) is 24.3 Å². The van der Waals surface area contributed by atoms with Gasteiger partial charge in [0.15, 0.2) is 10.8 Å². The number of nitrogens with one attached hydrogen (secondary N) is 2. The van der Waals surface area contributed by atoms with Gasteiger partial charge in [-0.25, -0.2) is 4.98 Å². The molecule has 132 valence electrons. The topological polar surface area (TPSA) is 87.0 Å². The highest BCUT2D eigenvalue weighted by atomic mass is 32.1. The van der Waals surface area contributed by atoms with E-state index in [0.717, 1.165) is 0 Å². The number of ether oxygens (including phenoxy) is 1. The SMILES string of the molecule is N#Cc1ncccc1C(=O)NC(=S)Nc1cccc(Oc2ccccc2)c1. The molecular weight excluding hydrogens is 360 g/mol. The number of rotatable bonds is 4. The fourth-order valence-electron chi connectivity index (χ4n) is 2.27. The van der Waals surface area contributed by atoms with Crippen LogP contribution in [0.1, 0.15) is 16.1 Å². The third-order valence-electron chi connectivity index (χ3n) is 3.46. The Balaban J connectivity index is 1.65. The van der Waals surface area contributed by atoms with E-state index >= 15 is 0 Å². The third-order valence-corrected chi connectivity index (χ3v) is 3.66. The highest BCUT2D eigenvalue weighted by Crippen LogP contribution is 2.23. The molecule has 1 aromatic heterocycles. The van der Waals surface area contributed by atoms with Crippen LogP contribution in [0.2, 0.25) is 0 Å². The van der Waals surface area contributed by atoms with E-state index in [9.17, 15) is 4.79 Å². The van der Waals surface area contributed by atoms with Crippen molar-refractivity contribution in [3.63, 3.8) is 0 Å². The van der Waals surface area contributed by atoms with Crippen LogP contribution in [0.15, 0.2) is 72.9 Å². The summed E-state index contributed by atoms with van der Waals surface area (Å²) in [4.78, 5) is 16.1. The van der Waals surface area contributed by atoms with E-state index < -0.39 is 5.91 Å². The van der Waals surface area contributed by atoms with Gasteiger partial charge in [0.2, 0.25) is 0 Å². The van der Waals surface area contributed by atoms with Crippen LogP contribution in [0, 0.1) is 11.3 Å². The number of para-hydroxylation sites is 1. The van der Waals surface area contributed by atoms with Gasteiger partial charge in [0.1, 0.15) is 17.6 Å². The first kappa shape index (κ1) is 18.0. The maximum absolute atomic E-state index is 12.3. The van der Waals surface area contributed by atoms with E-state index in [0.29, 0.717) is 17.2 Å². The summed E-state index contributed by atoms with van der Waals surface area (Å²) in [5.41, 5.74) is 0.849. The second kappa shape index (κ2) is 8.56. The highest BCUT2D eigenvalue weighted by Gasteiger charge is 2.13. The minimum Gasteiger partial charge on any atom is -0.457 e. The molecule has 0 fully saturated rings. The monoisotopic (exact) mass is 374 g/mol. The number of nitriles is 1. The summed E-state index contributed by atoms with van der Waals surface area (Å²) >= 11 is 5.18. The van der Waals surface area contributed by atoms with Gasteiger partial charge in [-0.15, -0.1) is 0 Å². The molecule has 0 bridgehead atoms. The zero-order valence-corrected chi connectivity index (χ0v) is 14.9. The standard InChI is InChI=1S/C20H14N4O2S/c21-13-18-17(10-5-11-22-18)19(25)24-20(27)23-14-6-4-9-16(12-14)26-15-7-2-1-3-8-15/h1-12H,(H2,23,24,25,27). The Morgan fingerprint density at radius 2 is 1.81 bits per heavy atom. The van der Waals surface area contributed by atoms with Gasteiger partial charge >= 0.3 is 0 Å². The number of pyridine rings is 1. The zero-order valence-electron chi connectivity index (χ0n) is 14.0. The maximum atomic E-state index is 12.3. The lowest BCUT2D eigenvalue weighted by Gasteiger charge is -2.11. The Morgan fingerprint density at radius 1 is 1.04 bits per heavy atom. The van der Waals surface area contributed by atoms with E-state index in [1.807, 2.05) is 42.5 Å². The molecule has 0 aliphatic carbocycles. The molecule has 1 heterocycles. The highest BCUT2D eigenvalue weighted by molar-refractivity contribution is 7.80. The number of hydrogen-bond acceptors (Lipinski definition) is 5. The predicted molar refractivity (Wildman–Crippen MR) is 106 cm³/mol. The Labute approximate surface area is 161 Å². The van der Waals surface area contributed by atoms with Crippen LogP contribution in [0.5, 0.6) is 11.5 Å². The molecule has 0 aliphatic heterocycles. The van der Waals surface area contributed by atoms with E-state index in [2.05, 4.69) is 15.6 Å². The van der Waals surface area contributed by atoms with Crippen molar-refractivity contribution in [1.82, 2.24) is 10.3 Å². The second-order valence-electron chi connectivity index (χ2n) is 5.36. The van der Waals surface area contributed by atoms with Crippen molar-refractivity contribution in [3.05, 3.63) is 84.2 Å². The lowest BCUT2D eigenvalue weighted by atomic mass is 10.2. The fourth-order valence-corrected chi connectivity index (χ4v) is 2.48. The normalized spacial score (nSPS) is 9.74. The molecular formula is C20H14N4O2S. The fraction of sp³-hybridized carbons (Fsp3) is 0. The molecule has 0 saturated carbocycles. The lowest BCUT2D eigenvalue weighted by molar-refractivity contribution is 0.0977. The van der Waals surface area contributed by atoms with Crippen LogP contribution in [0.4, 0.5) is 5.69 Å². The van der Waals surface area contributed by atoms with Crippen LogP contribution < -0.4 is 15.4 Å². The number of carbonyl (C=O) groups excluding carboxylic acids is 1. The summed E-state index contributed by atoms with van der Waals surface area (Å²) in [5, 5.41) is 14.6. The summed E-state index contributed by atoms with van der Waals surface area (Å²) in [6, 6.07) is 21.5. The lowest BCUT2D eigenvalue weighted by Crippen LogP contribution is -2.34. The van der Waals surface area contributed by atoms with E-state index in [-0.39, 0.29) is 16.4 Å². The molecule has 0 spiro atoms. The second-order valence-corrected chi connectivity index (χ2v) is 5.77. The van der Waals surface area contributed by atoms with Gasteiger partial charge in [-0.1, -0.05) is 24.3 Å². The summed E-state index contributed by atoms with van der Waals surface area (Å²) in [6.45, 7) is 0. The first-order valence-electron chi connectivity index (χ1n) is 7.96. The van der Waals surface area contributed by atoms with Crippen LogP contribution in [-0.4, -0.2) is 16.0 Å². The van der Waals surface area contributed by atoms with Crippen molar-refractivity contribution in [2.24, 2.45) is 0 Å². The number of thiocarbonyl (C=S) groups is 1. The number of hydrogen-bond donors (Lipinski definition) is 2. The smallest absolute Gasteiger partial charge is 0.260 e. The maximum Gasteiger partial charge on any atom is 0.260 e. The molecule has 0 atom stereocenters. The molecule has 0 radical (unpaired) electrons. The molecule has 6 nitrogen and oxygen atoms in total. The summed E-state index contributed by atoms with van der Waals surface area (Å²) in [7, 11) is 0. The third kappa shape index (κ3) is 4.87. The van der Waals surface area contributed by atoms with Gasteiger partial charge in [-0.3, -0.25) is 10.1 Å². The Hall–Kier alpha value is -3.76. The van der Waals surface area contributed by atoms with Gasteiger partial charge in [-0.2, -0.15) is 5.26 Å². The molecule has 2 aromatic carbocycles. The van der Waals surface area contributed by atoms with Crippen molar-refractivity contribution in [2.45, 2.75) is 0 Å². The zero-order chi connectivity index (χ0) is 19.1. The van der Waals surface area contributed by atoms with Crippen molar-refractivity contribution >= 4 is 28.9 Å². The van der Waals surface area contributed by atoms with Gasteiger partial charge in [-0.05, 0) is 48.6 Å². The van der Waals surface area contributed by atoms with Crippen LogP contribution in [0.25, 0.3) is 0 Å². The van der Waals surface area contributed by atoms with Gasteiger partial charge < -0.3 is 10.1 Å². The van der Waals surface area contributed by atoms with Crippen LogP contribution in [0.3, 0.4) is 0 Å². The van der Waals surface area contributed by atoms with Crippen molar-refractivity contribution in [2.75, 3.05) is 5.32 Å². The quantitative estimate of drug-likeness (QED) is 0.674. The minimum absolute atomic E-state index is 0.0380. The van der Waals surface area contributed by atoms with Gasteiger partial charge in [0.05, 0.1) is 5.56 Å². The number of aromatic nitrogens is 1. The summed E-state index contributed by atoms with van der Waals surface area (Å²) < 4.78 is 5.77. The number of benzene rings is 2. The Morgan fingerprint density at radius 3 is 2.59 bits per heavy atom. The van der Waals surface area contributed by atoms with Gasteiger partial charge in [0, 0.05) is 18.0 Å². The van der Waals surface area contributed by atoms with E-state index in [1.165, 1.54) is 12.3 Å². The molecule has 0 aliphatic rings. The molecule has 2 N–H and O–H groups in total. The predicted octanol–water partition coefficient (Wildman–Crippen LogP) is 3.87. The molecule has 3 aromatic rings. The molecule has 27 heavy (non-hydrogen) atoms. The molecule has 1 amide bonds. The number of carbonyl (C=O) groups is 1. The average molecular weight is 374 g/mol. The minimum atomic E-state index is -0.506. The first-order valence-corrected chi connectivity index (χ1v) is 8.37. The number of anilines is 1. The van der Waals surface area contributed by atoms with Crippen molar-refractivity contribution < 1.29 is 9.53 Å². The first-order chi connectivity index (χ1) is 13.2. The molecule has 0 saturated heterocycles. The molecule has 3 rings (SSSR count). The molecule has 0 unspecified atom stereocenters. The Bertz CT molecular complexity index is 1020.